The molecule has 38 heavy (non-hydrogen) atoms. The molecule has 0 saturated heterocycles. The molecule has 0 bridgehead atoms. The normalized spacial score (nSPS) is 12.2. The van der Waals surface area contributed by atoms with Gasteiger partial charge in [0, 0.05) is 16.8 Å². The zero-order valence-electron chi connectivity index (χ0n) is 19.8. The van der Waals surface area contributed by atoms with E-state index in [1.54, 1.807) is 66.7 Å². The molecule has 4 aromatic carbocycles. The highest BCUT2D eigenvalue weighted by atomic mass is 19.4. The van der Waals surface area contributed by atoms with E-state index in [-0.39, 0.29) is 22.5 Å². The van der Waals surface area contributed by atoms with Crippen LogP contribution in [0.2, 0.25) is 0 Å². The van der Waals surface area contributed by atoms with Crippen molar-refractivity contribution in [3.05, 3.63) is 131 Å². The van der Waals surface area contributed by atoms with Gasteiger partial charge in [0.15, 0.2) is 0 Å². The molecular weight excluding hydrogens is 493 g/mol. The number of anilines is 1. The summed E-state index contributed by atoms with van der Waals surface area (Å²) < 4.78 is 39.4. The van der Waals surface area contributed by atoms with Gasteiger partial charge in [-0.15, -0.1) is 0 Å². The third-order valence-corrected chi connectivity index (χ3v) is 5.93. The molecule has 1 unspecified atom stereocenters. The maximum atomic E-state index is 13.3. The molecule has 5 rings (SSSR count). The van der Waals surface area contributed by atoms with E-state index in [1.807, 2.05) is 24.3 Å². The summed E-state index contributed by atoms with van der Waals surface area (Å²) in [5, 5.41) is 5.74. The fourth-order valence-electron chi connectivity index (χ4n) is 4.09. The summed E-state index contributed by atoms with van der Waals surface area (Å²) >= 11 is 0. The molecule has 0 spiro atoms. The number of hydrogen-bond donors (Lipinski definition) is 3. The van der Waals surface area contributed by atoms with Crippen molar-refractivity contribution in [1.82, 2.24) is 15.3 Å². The van der Waals surface area contributed by atoms with Gasteiger partial charge >= 0.3 is 6.18 Å². The van der Waals surface area contributed by atoms with Crippen molar-refractivity contribution in [2.45, 2.75) is 12.2 Å². The number of rotatable bonds is 6. The van der Waals surface area contributed by atoms with Crippen LogP contribution in [-0.4, -0.2) is 21.8 Å². The molecule has 1 heterocycles. The number of aromatic amines is 1. The van der Waals surface area contributed by atoms with Gasteiger partial charge in [-0.1, -0.05) is 60.7 Å². The maximum absolute atomic E-state index is 13.3. The second-order valence-electron chi connectivity index (χ2n) is 8.58. The number of carbonyl (C=O) groups excluding carboxylic acids is 2. The summed E-state index contributed by atoms with van der Waals surface area (Å²) in [6, 6.07) is 28.3. The molecule has 2 amide bonds. The average Bonchev–Trinajstić information content (AvgIpc) is 3.37. The minimum atomic E-state index is -4.61. The predicted molar refractivity (Wildman–Crippen MR) is 138 cm³/mol. The summed E-state index contributed by atoms with van der Waals surface area (Å²) in [5.74, 6) is -1.90. The summed E-state index contributed by atoms with van der Waals surface area (Å²) in [6.07, 6.45) is -4.61. The van der Waals surface area contributed by atoms with Crippen molar-refractivity contribution in [2.75, 3.05) is 5.32 Å². The van der Waals surface area contributed by atoms with Gasteiger partial charge in [-0.2, -0.15) is 13.2 Å². The Morgan fingerprint density at radius 2 is 1.39 bits per heavy atom. The minimum absolute atomic E-state index is 0.163. The highest BCUT2D eigenvalue weighted by Gasteiger charge is 2.34. The fourth-order valence-corrected chi connectivity index (χ4v) is 4.09. The molecule has 3 N–H and O–H groups in total. The lowest BCUT2D eigenvalue weighted by atomic mass is 9.97. The third-order valence-electron chi connectivity index (χ3n) is 5.93. The highest BCUT2D eigenvalue weighted by molar-refractivity contribution is 6.06. The number of imidazole rings is 1. The second kappa shape index (κ2) is 10.2. The molecule has 9 heteroatoms. The van der Waals surface area contributed by atoms with Crippen LogP contribution in [0.1, 0.15) is 43.7 Å². The van der Waals surface area contributed by atoms with Crippen LogP contribution < -0.4 is 10.6 Å². The summed E-state index contributed by atoms with van der Waals surface area (Å²) in [7, 11) is 0. The first-order valence-electron chi connectivity index (χ1n) is 11.7. The summed E-state index contributed by atoms with van der Waals surface area (Å²) in [6.45, 7) is 0. The van der Waals surface area contributed by atoms with Crippen LogP contribution in [0, 0.1) is 0 Å². The molecular formula is C29H21F3N4O2. The van der Waals surface area contributed by atoms with Crippen molar-refractivity contribution in [3.63, 3.8) is 0 Å². The van der Waals surface area contributed by atoms with E-state index < -0.39 is 23.9 Å². The highest BCUT2D eigenvalue weighted by Crippen LogP contribution is 2.30. The van der Waals surface area contributed by atoms with E-state index in [0.717, 1.165) is 5.56 Å². The molecule has 0 radical (unpaired) electrons. The van der Waals surface area contributed by atoms with Crippen molar-refractivity contribution < 1.29 is 22.8 Å². The monoisotopic (exact) mass is 514 g/mol. The lowest BCUT2D eigenvalue weighted by Gasteiger charge is -2.20. The zero-order chi connectivity index (χ0) is 26.7. The van der Waals surface area contributed by atoms with Crippen LogP contribution in [0.5, 0.6) is 0 Å². The average molecular weight is 515 g/mol. The SMILES string of the molecule is O=C(Nc1ccccc1)c1cccc(C(=O)NC(c2ccccc2)c2ccc3nc(C(F)(F)F)[nH]c3c2)c1. The first kappa shape index (κ1) is 24.8. The zero-order valence-corrected chi connectivity index (χ0v) is 19.8. The molecule has 6 nitrogen and oxygen atoms in total. The number of amides is 2. The lowest BCUT2D eigenvalue weighted by molar-refractivity contribution is -0.144. The Balaban J connectivity index is 1.43. The minimum Gasteiger partial charge on any atom is -0.341 e. The predicted octanol–water partition coefficient (Wildman–Crippen LogP) is 6.35. The Hall–Kier alpha value is -4.92. The number of alkyl halides is 3. The molecule has 1 aromatic heterocycles. The Bertz CT molecular complexity index is 1600. The number of aromatic nitrogens is 2. The number of benzene rings is 4. The second-order valence-corrected chi connectivity index (χ2v) is 8.58. The van der Waals surface area contributed by atoms with Gasteiger partial charge in [0.2, 0.25) is 5.82 Å². The fraction of sp³-hybridized carbons (Fsp3) is 0.0690. The number of hydrogen-bond acceptors (Lipinski definition) is 3. The standard InChI is InChI=1S/C29H21F3N4O2/c30-29(31,32)28-34-23-15-14-19(17-24(23)35-28)25(18-8-3-1-4-9-18)36-27(38)21-11-7-10-20(16-21)26(37)33-22-12-5-2-6-13-22/h1-17,25H,(H,33,37)(H,34,35)(H,36,38). The largest absolute Gasteiger partial charge is 0.449 e. The van der Waals surface area contributed by atoms with Gasteiger partial charge in [0.05, 0.1) is 17.1 Å². The van der Waals surface area contributed by atoms with Gasteiger partial charge in [0.1, 0.15) is 0 Å². The summed E-state index contributed by atoms with van der Waals surface area (Å²) in [5.41, 5.74) is 2.84. The number of H-pyrrole nitrogens is 1. The molecule has 0 fully saturated rings. The van der Waals surface area contributed by atoms with Gasteiger partial charge < -0.3 is 15.6 Å². The Morgan fingerprint density at radius 3 is 2.08 bits per heavy atom. The van der Waals surface area contributed by atoms with E-state index in [0.29, 0.717) is 16.8 Å². The Labute approximate surface area is 215 Å². The number of carbonyl (C=O) groups is 2. The molecule has 0 aliphatic carbocycles. The molecule has 5 aromatic rings. The first-order chi connectivity index (χ1) is 18.3. The van der Waals surface area contributed by atoms with Crippen LogP contribution >= 0.6 is 0 Å². The number of para-hydroxylation sites is 1. The van der Waals surface area contributed by atoms with E-state index >= 15 is 0 Å². The number of fused-ring (bicyclic) bond motifs is 1. The molecule has 0 aliphatic rings. The van der Waals surface area contributed by atoms with Gasteiger partial charge in [-0.3, -0.25) is 9.59 Å². The Morgan fingerprint density at radius 1 is 0.737 bits per heavy atom. The number of nitrogens with zero attached hydrogens (tertiary/aromatic N) is 1. The van der Waals surface area contributed by atoms with E-state index in [2.05, 4.69) is 20.6 Å². The van der Waals surface area contributed by atoms with Crippen molar-refractivity contribution in [2.24, 2.45) is 0 Å². The maximum Gasteiger partial charge on any atom is 0.449 e. The van der Waals surface area contributed by atoms with Crippen molar-refractivity contribution >= 4 is 28.5 Å². The quantitative estimate of drug-likeness (QED) is 0.247. The van der Waals surface area contributed by atoms with E-state index in [9.17, 15) is 22.8 Å². The van der Waals surface area contributed by atoms with Gasteiger partial charge in [0.25, 0.3) is 11.8 Å². The van der Waals surface area contributed by atoms with E-state index in [4.69, 9.17) is 0 Å². The number of halogens is 3. The Kier molecular flexibility index (Phi) is 6.66. The third kappa shape index (κ3) is 5.41. The van der Waals surface area contributed by atoms with Crippen LogP contribution in [0.25, 0.3) is 11.0 Å². The molecule has 1 atom stereocenters. The van der Waals surface area contributed by atoms with Crippen LogP contribution in [0.15, 0.2) is 103 Å². The molecule has 190 valence electrons. The van der Waals surface area contributed by atoms with Crippen molar-refractivity contribution in [1.29, 1.82) is 0 Å². The smallest absolute Gasteiger partial charge is 0.341 e. The van der Waals surface area contributed by atoms with Gasteiger partial charge in [-0.25, -0.2) is 4.98 Å². The molecule has 0 saturated carbocycles. The number of nitrogens with one attached hydrogen (secondary N) is 3. The van der Waals surface area contributed by atoms with Crippen LogP contribution in [-0.2, 0) is 6.18 Å². The molecule has 0 aliphatic heterocycles. The van der Waals surface area contributed by atoms with Crippen LogP contribution in [0.3, 0.4) is 0 Å². The van der Waals surface area contributed by atoms with Crippen LogP contribution in [0.4, 0.5) is 18.9 Å². The summed E-state index contributed by atoms with van der Waals surface area (Å²) in [4.78, 5) is 32.0. The van der Waals surface area contributed by atoms with Gasteiger partial charge in [-0.05, 0) is 53.6 Å². The topological polar surface area (TPSA) is 86.9 Å². The van der Waals surface area contributed by atoms with Crippen molar-refractivity contribution in [3.8, 4) is 0 Å². The van der Waals surface area contributed by atoms with E-state index in [1.165, 1.54) is 12.1 Å². The lowest BCUT2D eigenvalue weighted by Crippen LogP contribution is -2.29. The first-order valence-corrected chi connectivity index (χ1v) is 11.7.